The fourth-order valence-electron chi connectivity index (χ4n) is 8.67. The molecule has 53 heavy (non-hydrogen) atoms. The van der Waals surface area contributed by atoms with E-state index >= 15 is 0 Å². The van der Waals surface area contributed by atoms with Gasteiger partial charge in [-0.2, -0.15) is 5.70 Å². The molecule has 3 aromatic carbocycles. The summed E-state index contributed by atoms with van der Waals surface area (Å²) >= 11 is 0. The zero-order valence-corrected chi connectivity index (χ0v) is 35.5. The van der Waals surface area contributed by atoms with E-state index in [0.717, 1.165) is 65.1 Å². The van der Waals surface area contributed by atoms with Crippen LogP contribution >= 0.6 is 0 Å². The summed E-state index contributed by atoms with van der Waals surface area (Å²) in [7, 11) is 0. The molecule has 283 valence electrons. The van der Waals surface area contributed by atoms with Gasteiger partial charge in [0, 0.05) is 42.4 Å². The number of aromatic nitrogens is 1. The molecule has 0 amide bonds. The molecule has 4 nitrogen and oxygen atoms in total. The first-order valence-electron chi connectivity index (χ1n) is 20.1. The standard InChI is InChI=1S/C29H24NO.C19H35NO.Ir/c1-17(2)22-16-24(30-23-14-7-5-10-18(22)23)19-12-9-13-21-26(19)29(3,4)27-20-11-6-8-15-25(20)31-28(21)27;1-5-15(6-2)18(14-19(21)16(7-3)8-4)20-17-12-10-9-11-13-17;/h5-11,13-17H,1-4H3;14-17H,5-13H2,1-4H3,(H,20,21);/q-1;;/p-1. The van der Waals surface area contributed by atoms with Crippen LogP contribution in [0.5, 0.6) is 0 Å². The van der Waals surface area contributed by atoms with Gasteiger partial charge in [-0.25, -0.2) is 0 Å². The second-order valence-electron chi connectivity index (χ2n) is 15.8. The molecule has 2 aliphatic rings. The molecule has 2 heterocycles. The van der Waals surface area contributed by atoms with Crippen molar-refractivity contribution in [3.63, 3.8) is 0 Å². The Kier molecular flexibility index (Phi) is 13.6. The number of pyridine rings is 1. The van der Waals surface area contributed by atoms with E-state index in [9.17, 15) is 4.79 Å². The van der Waals surface area contributed by atoms with Gasteiger partial charge >= 0.3 is 0 Å². The van der Waals surface area contributed by atoms with Gasteiger partial charge in [0.15, 0.2) is 5.78 Å². The number of para-hydroxylation sites is 2. The van der Waals surface area contributed by atoms with Crippen LogP contribution < -0.4 is 0 Å². The number of hydrogen-bond acceptors (Lipinski definition) is 3. The van der Waals surface area contributed by atoms with Gasteiger partial charge in [-0.05, 0) is 59.6 Å². The number of nitrogens with zero attached hydrogens (tertiary/aromatic N) is 2. The third-order valence-corrected chi connectivity index (χ3v) is 11.7. The average Bonchev–Trinajstić information content (AvgIpc) is 3.66. The molecule has 0 spiro atoms. The van der Waals surface area contributed by atoms with Crippen molar-refractivity contribution < 1.29 is 29.3 Å². The van der Waals surface area contributed by atoms with Gasteiger partial charge in [0.2, 0.25) is 0 Å². The molecule has 0 aliphatic heterocycles. The molecule has 1 saturated carbocycles. The first-order chi connectivity index (χ1) is 25.1. The second kappa shape index (κ2) is 17.7. The second-order valence-corrected chi connectivity index (χ2v) is 15.8. The minimum absolute atomic E-state index is 0. The topological polar surface area (TPSA) is 57.2 Å². The van der Waals surface area contributed by atoms with E-state index < -0.39 is 0 Å². The first kappa shape index (κ1) is 40.7. The largest absolute Gasteiger partial charge is 0.685 e. The Morgan fingerprint density at radius 1 is 0.887 bits per heavy atom. The molecule has 0 saturated heterocycles. The normalized spacial score (nSPS) is 15.3. The zero-order valence-electron chi connectivity index (χ0n) is 33.1. The van der Waals surface area contributed by atoms with Crippen molar-refractivity contribution in [3.05, 3.63) is 107 Å². The quantitative estimate of drug-likeness (QED) is 0.0981. The van der Waals surface area contributed by atoms with E-state index in [2.05, 4.69) is 116 Å². The molecule has 1 radical (unpaired) electrons. The maximum absolute atomic E-state index is 12.5. The number of rotatable bonds is 11. The molecule has 0 N–H and O–H groups in total. The molecule has 7 rings (SSSR count). The third-order valence-electron chi connectivity index (χ3n) is 11.7. The van der Waals surface area contributed by atoms with Crippen LogP contribution in [0.25, 0.3) is 49.8 Å². The smallest absolute Gasteiger partial charge is 0.157 e. The molecule has 5 aromatic rings. The molecule has 2 aromatic heterocycles. The zero-order chi connectivity index (χ0) is 37.0. The monoisotopic (exact) mass is 887 g/mol. The maximum Gasteiger partial charge on any atom is 0.157 e. The Hall–Kier alpha value is -3.53. The van der Waals surface area contributed by atoms with Crippen molar-refractivity contribution in [2.45, 2.75) is 131 Å². The predicted molar refractivity (Wildman–Crippen MR) is 219 cm³/mol. The summed E-state index contributed by atoms with van der Waals surface area (Å²) in [5.41, 5.74) is 9.94. The van der Waals surface area contributed by atoms with Crippen LogP contribution in [0.3, 0.4) is 0 Å². The molecule has 0 unspecified atom stereocenters. The summed E-state index contributed by atoms with van der Waals surface area (Å²) in [6, 6.07) is 27.2. The van der Waals surface area contributed by atoms with Gasteiger partial charge in [-0.3, -0.25) is 9.78 Å². The van der Waals surface area contributed by atoms with E-state index in [4.69, 9.17) is 14.7 Å². The van der Waals surface area contributed by atoms with Crippen molar-refractivity contribution in [3.8, 4) is 22.6 Å². The van der Waals surface area contributed by atoms with Gasteiger partial charge < -0.3 is 9.73 Å². The van der Waals surface area contributed by atoms with Gasteiger partial charge in [0.25, 0.3) is 0 Å². The van der Waals surface area contributed by atoms with Crippen LogP contribution in [0.2, 0.25) is 0 Å². The number of benzene rings is 3. The number of ketones is 1. The van der Waals surface area contributed by atoms with Crippen molar-refractivity contribution in [2.75, 3.05) is 0 Å². The summed E-state index contributed by atoms with van der Waals surface area (Å²) in [5, 5.41) is 7.43. The van der Waals surface area contributed by atoms with Gasteiger partial charge in [0.1, 0.15) is 11.3 Å². The number of furan rings is 1. The Morgan fingerprint density at radius 2 is 1.53 bits per heavy atom. The summed E-state index contributed by atoms with van der Waals surface area (Å²) in [4.78, 5) is 17.5. The molecule has 0 atom stereocenters. The van der Waals surface area contributed by atoms with E-state index in [1.165, 1.54) is 59.6 Å². The Morgan fingerprint density at radius 3 is 2.19 bits per heavy atom. The molecule has 2 aliphatic carbocycles. The molecule has 0 bridgehead atoms. The Labute approximate surface area is 332 Å². The Bertz CT molecular complexity index is 2040. The fourth-order valence-corrected chi connectivity index (χ4v) is 8.67. The predicted octanol–water partition coefficient (Wildman–Crippen LogP) is 13.9. The SMILES string of the molecule is CC(C)c1cc(-c2[c-]ccc3c2C(C)(C)c2c-3oc3ccccc23)nc2ccccc12.CCC(CC)C(=O)/C=C(\[N-]C1CCCCC1)C(CC)CC.[Ir]. The number of carbonyl (C=O) groups excluding carboxylic acids is 1. The van der Waals surface area contributed by atoms with Crippen molar-refractivity contribution >= 4 is 27.7 Å². The molecule has 1 fully saturated rings. The first-order valence-corrected chi connectivity index (χ1v) is 20.1. The number of fused-ring (bicyclic) bond motifs is 6. The number of allylic oxidation sites excluding steroid dienone is 2. The van der Waals surface area contributed by atoms with E-state index in [1.807, 2.05) is 18.2 Å². The van der Waals surface area contributed by atoms with Crippen molar-refractivity contribution in [1.82, 2.24) is 4.98 Å². The van der Waals surface area contributed by atoms with Crippen LogP contribution in [-0.4, -0.2) is 16.8 Å². The Balaban J connectivity index is 0.000000218. The van der Waals surface area contributed by atoms with Crippen molar-refractivity contribution in [2.24, 2.45) is 11.8 Å². The van der Waals surface area contributed by atoms with E-state index in [-0.39, 0.29) is 31.4 Å². The van der Waals surface area contributed by atoms with Crippen LogP contribution in [-0.2, 0) is 30.3 Å². The minimum atomic E-state index is -0.199. The maximum atomic E-state index is 12.5. The average molecular weight is 887 g/mol. The van der Waals surface area contributed by atoms with Crippen LogP contribution in [0.1, 0.15) is 136 Å². The van der Waals surface area contributed by atoms with Gasteiger partial charge in [0.05, 0.1) is 5.52 Å². The van der Waals surface area contributed by atoms with Crippen LogP contribution in [0.4, 0.5) is 0 Å². The van der Waals surface area contributed by atoms with Crippen LogP contribution in [0, 0.1) is 17.9 Å². The number of hydrogen-bond donors (Lipinski definition) is 0. The third kappa shape index (κ3) is 8.27. The summed E-state index contributed by atoms with van der Waals surface area (Å²) in [5.74, 6) is 2.32. The summed E-state index contributed by atoms with van der Waals surface area (Å²) < 4.78 is 6.36. The minimum Gasteiger partial charge on any atom is -0.685 e. The van der Waals surface area contributed by atoms with Crippen LogP contribution in [0.15, 0.2) is 82.9 Å². The molecular formula is C48H58IrN2O2-2. The van der Waals surface area contributed by atoms with Gasteiger partial charge in [-0.1, -0.05) is 148 Å². The molecular weight excluding hydrogens is 829 g/mol. The number of carbonyl (C=O) groups is 1. The van der Waals surface area contributed by atoms with Crippen molar-refractivity contribution in [1.29, 1.82) is 0 Å². The van der Waals surface area contributed by atoms with Gasteiger partial charge in [-0.15, -0.1) is 35.4 Å². The van der Waals surface area contributed by atoms with E-state index in [0.29, 0.717) is 23.7 Å². The van der Waals surface area contributed by atoms with E-state index in [1.54, 1.807) is 0 Å². The summed E-state index contributed by atoms with van der Waals surface area (Å²) in [6.45, 7) is 17.7. The fraction of sp³-hybridized carbons (Fsp3) is 0.458. The molecule has 5 heteroatoms. The summed E-state index contributed by atoms with van der Waals surface area (Å²) in [6.07, 6.45) is 12.3.